The lowest BCUT2D eigenvalue weighted by molar-refractivity contribution is -0.118. The molecule has 27 heavy (non-hydrogen) atoms. The van der Waals surface area contributed by atoms with Crippen molar-refractivity contribution in [3.63, 3.8) is 0 Å². The molecule has 2 aromatic rings. The Balaban J connectivity index is 1.93. The van der Waals surface area contributed by atoms with Gasteiger partial charge in [-0.2, -0.15) is 0 Å². The molecule has 0 aliphatic heterocycles. The summed E-state index contributed by atoms with van der Waals surface area (Å²) in [5, 5.41) is 0. The van der Waals surface area contributed by atoms with Crippen LogP contribution >= 0.6 is 0 Å². The van der Waals surface area contributed by atoms with Gasteiger partial charge in [0, 0.05) is 38.3 Å². The Morgan fingerprint density at radius 2 is 1.52 bits per heavy atom. The van der Waals surface area contributed by atoms with Crippen molar-refractivity contribution < 1.29 is 18.0 Å². The van der Waals surface area contributed by atoms with E-state index in [-0.39, 0.29) is 29.6 Å². The number of rotatable bonds is 8. The minimum Gasteiger partial charge on any atom is -0.316 e. The molecular weight excluding hydrogens is 364 g/mol. The van der Waals surface area contributed by atoms with Gasteiger partial charge in [0.05, 0.1) is 4.90 Å². The molecule has 0 spiro atoms. The number of carbonyl (C=O) groups is 2. The first-order valence-electron chi connectivity index (χ1n) is 8.62. The second-order valence-corrected chi connectivity index (χ2v) is 8.34. The van der Waals surface area contributed by atoms with Gasteiger partial charge in [-0.3, -0.25) is 9.59 Å². The fourth-order valence-electron chi connectivity index (χ4n) is 2.58. The van der Waals surface area contributed by atoms with Crippen LogP contribution in [0, 0.1) is 0 Å². The van der Waals surface area contributed by atoms with Crippen LogP contribution in [0.3, 0.4) is 0 Å². The van der Waals surface area contributed by atoms with Gasteiger partial charge in [-0.1, -0.05) is 30.3 Å². The Labute approximate surface area is 160 Å². The van der Waals surface area contributed by atoms with Crippen molar-refractivity contribution in [1.82, 2.24) is 4.31 Å². The molecule has 2 aromatic carbocycles. The maximum Gasteiger partial charge on any atom is 0.242 e. The van der Waals surface area contributed by atoms with Crippen LogP contribution in [0.25, 0.3) is 0 Å². The van der Waals surface area contributed by atoms with Crippen molar-refractivity contribution in [3.8, 4) is 0 Å². The average molecular weight is 388 g/mol. The summed E-state index contributed by atoms with van der Waals surface area (Å²) in [7, 11) is -0.466. The molecule has 7 heteroatoms. The van der Waals surface area contributed by atoms with Crippen LogP contribution < -0.4 is 4.90 Å². The average Bonchev–Trinajstić information content (AvgIpc) is 2.67. The zero-order chi connectivity index (χ0) is 20.0. The molecule has 6 nitrogen and oxygen atoms in total. The Morgan fingerprint density at radius 1 is 0.926 bits per heavy atom. The minimum atomic E-state index is -3.65. The molecule has 0 atom stereocenters. The third-order valence-corrected chi connectivity index (χ3v) is 6.22. The van der Waals surface area contributed by atoms with E-state index >= 15 is 0 Å². The lowest BCUT2D eigenvalue weighted by atomic mass is 10.2. The summed E-state index contributed by atoms with van der Waals surface area (Å²) < 4.78 is 26.4. The molecule has 0 unspecified atom stereocenters. The van der Waals surface area contributed by atoms with Crippen LogP contribution in [-0.2, 0) is 14.8 Å². The third kappa shape index (κ3) is 5.24. The molecule has 0 bridgehead atoms. The highest BCUT2D eigenvalue weighted by Crippen LogP contribution is 2.17. The number of hydrogen-bond acceptors (Lipinski definition) is 4. The van der Waals surface area contributed by atoms with E-state index in [0.29, 0.717) is 12.0 Å². The van der Waals surface area contributed by atoms with Gasteiger partial charge in [-0.05, 0) is 37.6 Å². The predicted octanol–water partition coefficient (Wildman–Crippen LogP) is 2.95. The van der Waals surface area contributed by atoms with Crippen molar-refractivity contribution in [3.05, 3.63) is 60.2 Å². The lowest BCUT2D eigenvalue weighted by Gasteiger charge is -2.19. The number of carbonyl (C=O) groups excluding carboxylic acids is 2. The summed E-state index contributed by atoms with van der Waals surface area (Å²) >= 11 is 0. The van der Waals surface area contributed by atoms with Gasteiger partial charge in [0.25, 0.3) is 0 Å². The molecule has 0 saturated carbocycles. The first-order chi connectivity index (χ1) is 12.7. The molecule has 2 rings (SSSR count). The maximum absolute atomic E-state index is 12.6. The number of Topliss-reactive ketones (excluding diaryl/α,β-unsaturated/α-hetero) is 1. The second kappa shape index (κ2) is 8.92. The van der Waals surface area contributed by atoms with E-state index in [0.717, 1.165) is 5.69 Å². The largest absolute Gasteiger partial charge is 0.316 e. The molecule has 1 amide bonds. The number of ketones is 1. The summed E-state index contributed by atoms with van der Waals surface area (Å²) in [6.07, 6.45) is 0.659. The molecule has 0 radical (unpaired) electrons. The number of nitrogens with zero attached hydrogens (tertiary/aromatic N) is 2. The second-order valence-electron chi connectivity index (χ2n) is 6.30. The zero-order valence-electron chi connectivity index (χ0n) is 15.8. The highest BCUT2D eigenvalue weighted by molar-refractivity contribution is 7.89. The SMILES string of the molecule is CC(=O)c1ccc(S(=O)(=O)N(C)CCCC(=O)N(C)c2ccccc2)cc1. The number of para-hydroxylation sites is 1. The Morgan fingerprint density at radius 3 is 2.07 bits per heavy atom. The number of benzene rings is 2. The predicted molar refractivity (Wildman–Crippen MR) is 105 cm³/mol. The normalized spacial score (nSPS) is 11.4. The molecule has 0 aliphatic carbocycles. The summed E-state index contributed by atoms with van der Waals surface area (Å²) in [6.45, 7) is 1.66. The van der Waals surface area contributed by atoms with E-state index in [4.69, 9.17) is 0 Å². The van der Waals surface area contributed by atoms with E-state index in [2.05, 4.69) is 0 Å². The van der Waals surface area contributed by atoms with E-state index < -0.39 is 10.0 Å². The van der Waals surface area contributed by atoms with Crippen LogP contribution in [0.2, 0.25) is 0 Å². The van der Waals surface area contributed by atoms with Gasteiger partial charge in [0.1, 0.15) is 0 Å². The minimum absolute atomic E-state index is 0.0715. The van der Waals surface area contributed by atoms with Gasteiger partial charge in [-0.25, -0.2) is 12.7 Å². The Hall–Kier alpha value is -2.51. The van der Waals surface area contributed by atoms with Crippen LogP contribution in [0.15, 0.2) is 59.5 Å². The smallest absolute Gasteiger partial charge is 0.242 e. The summed E-state index contributed by atoms with van der Waals surface area (Å²) in [5.41, 5.74) is 1.26. The van der Waals surface area contributed by atoms with Crippen LogP contribution in [-0.4, -0.2) is 45.1 Å². The van der Waals surface area contributed by atoms with Crippen molar-refractivity contribution in [2.75, 3.05) is 25.5 Å². The summed E-state index contributed by atoms with van der Waals surface area (Å²) in [4.78, 5) is 25.3. The van der Waals surface area contributed by atoms with Crippen LogP contribution in [0.1, 0.15) is 30.1 Å². The molecular formula is C20H24N2O4S. The fourth-order valence-corrected chi connectivity index (χ4v) is 3.79. The first kappa shape index (κ1) is 20.8. The van der Waals surface area contributed by atoms with E-state index in [1.807, 2.05) is 30.3 Å². The van der Waals surface area contributed by atoms with Crippen molar-refractivity contribution in [2.24, 2.45) is 0 Å². The molecule has 0 fully saturated rings. The number of hydrogen-bond donors (Lipinski definition) is 0. The molecule has 0 N–H and O–H groups in total. The molecule has 0 heterocycles. The molecule has 0 aromatic heterocycles. The number of sulfonamides is 1. The monoisotopic (exact) mass is 388 g/mol. The standard InChI is InChI=1S/C20H24N2O4S/c1-16(23)17-11-13-19(14-12-17)27(25,26)21(2)15-7-10-20(24)22(3)18-8-5-4-6-9-18/h4-6,8-9,11-14H,7,10,15H2,1-3H3. The zero-order valence-corrected chi connectivity index (χ0v) is 16.6. The fraction of sp³-hybridized carbons (Fsp3) is 0.300. The Kier molecular flexibility index (Phi) is 6.87. The molecule has 0 saturated heterocycles. The lowest BCUT2D eigenvalue weighted by Crippen LogP contribution is -2.30. The van der Waals surface area contributed by atoms with Crippen LogP contribution in [0.4, 0.5) is 5.69 Å². The topological polar surface area (TPSA) is 74.8 Å². The summed E-state index contributed by atoms with van der Waals surface area (Å²) in [5.74, 6) is -0.189. The summed E-state index contributed by atoms with van der Waals surface area (Å²) in [6, 6.07) is 15.1. The van der Waals surface area contributed by atoms with Gasteiger partial charge in [0.15, 0.2) is 5.78 Å². The Bertz CT molecular complexity index is 893. The molecule has 0 aliphatic rings. The van der Waals surface area contributed by atoms with Gasteiger partial charge in [0.2, 0.25) is 15.9 Å². The maximum atomic E-state index is 12.6. The molecule has 144 valence electrons. The van der Waals surface area contributed by atoms with Gasteiger partial charge < -0.3 is 4.90 Å². The highest BCUT2D eigenvalue weighted by Gasteiger charge is 2.21. The van der Waals surface area contributed by atoms with Gasteiger partial charge in [-0.15, -0.1) is 0 Å². The first-order valence-corrected chi connectivity index (χ1v) is 10.1. The van der Waals surface area contributed by atoms with Crippen molar-refractivity contribution in [1.29, 1.82) is 0 Å². The van der Waals surface area contributed by atoms with Crippen molar-refractivity contribution in [2.45, 2.75) is 24.7 Å². The number of anilines is 1. The number of amides is 1. The van der Waals surface area contributed by atoms with Crippen molar-refractivity contribution >= 4 is 27.4 Å². The quantitative estimate of drug-likeness (QED) is 0.652. The van der Waals surface area contributed by atoms with Gasteiger partial charge >= 0.3 is 0 Å². The van der Waals surface area contributed by atoms with E-state index in [9.17, 15) is 18.0 Å². The van der Waals surface area contributed by atoms with E-state index in [1.54, 1.807) is 11.9 Å². The third-order valence-electron chi connectivity index (χ3n) is 4.35. The highest BCUT2D eigenvalue weighted by atomic mass is 32.2. The van der Waals surface area contributed by atoms with E-state index in [1.165, 1.54) is 42.5 Å². The van der Waals surface area contributed by atoms with Crippen LogP contribution in [0.5, 0.6) is 0 Å².